The lowest BCUT2D eigenvalue weighted by atomic mass is 10.1. The molecule has 1 rings (SSSR count). The van der Waals surface area contributed by atoms with Crippen molar-refractivity contribution in [1.82, 2.24) is 5.32 Å². The van der Waals surface area contributed by atoms with E-state index in [1.165, 1.54) is 6.42 Å². The normalized spacial score (nSPS) is 26.9. The summed E-state index contributed by atoms with van der Waals surface area (Å²) in [5.74, 6) is 1.87. The fourth-order valence-electron chi connectivity index (χ4n) is 0.952. The standard InChI is InChI=1S/C7H14N2/c1-3-7-4-8-6(2)9-5-7/h7H,3-5H2,1-2H3,(H,8,9). The van der Waals surface area contributed by atoms with Gasteiger partial charge in [-0.25, -0.2) is 0 Å². The van der Waals surface area contributed by atoms with Crippen LogP contribution in [0.1, 0.15) is 20.3 Å². The first-order valence-corrected chi connectivity index (χ1v) is 3.58. The van der Waals surface area contributed by atoms with Crippen molar-refractivity contribution in [2.45, 2.75) is 20.3 Å². The van der Waals surface area contributed by atoms with E-state index in [2.05, 4.69) is 17.2 Å². The van der Waals surface area contributed by atoms with Crippen LogP contribution in [-0.2, 0) is 0 Å². The van der Waals surface area contributed by atoms with Crippen molar-refractivity contribution in [2.24, 2.45) is 10.9 Å². The molecule has 0 saturated heterocycles. The molecule has 9 heavy (non-hydrogen) atoms. The Kier molecular flexibility index (Phi) is 2.09. The van der Waals surface area contributed by atoms with Crippen molar-refractivity contribution in [1.29, 1.82) is 0 Å². The van der Waals surface area contributed by atoms with Crippen LogP contribution in [0.25, 0.3) is 0 Å². The first kappa shape index (κ1) is 6.59. The maximum absolute atomic E-state index is 4.29. The van der Waals surface area contributed by atoms with E-state index in [1.54, 1.807) is 0 Å². The van der Waals surface area contributed by atoms with E-state index in [1.807, 2.05) is 6.92 Å². The molecular weight excluding hydrogens is 112 g/mol. The van der Waals surface area contributed by atoms with E-state index in [0.717, 1.165) is 24.8 Å². The largest absolute Gasteiger partial charge is 0.374 e. The Morgan fingerprint density at radius 3 is 3.00 bits per heavy atom. The molecule has 1 aliphatic rings. The summed E-state index contributed by atoms with van der Waals surface area (Å²) < 4.78 is 0. The monoisotopic (exact) mass is 126 g/mol. The Morgan fingerprint density at radius 2 is 2.56 bits per heavy atom. The van der Waals surface area contributed by atoms with Crippen LogP contribution in [0.2, 0.25) is 0 Å². The Morgan fingerprint density at radius 1 is 1.78 bits per heavy atom. The van der Waals surface area contributed by atoms with Crippen molar-refractivity contribution in [3.63, 3.8) is 0 Å². The zero-order chi connectivity index (χ0) is 6.69. The fraction of sp³-hybridized carbons (Fsp3) is 0.857. The second-order valence-corrected chi connectivity index (χ2v) is 2.58. The minimum absolute atomic E-state index is 0.772. The Balaban J connectivity index is 2.36. The molecule has 1 unspecified atom stereocenters. The molecule has 1 atom stereocenters. The molecule has 0 spiro atoms. The van der Waals surface area contributed by atoms with Crippen LogP contribution in [-0.4, -0.2) is 18.9 Å². The van der Waals surface area contributed by atoms with Gasteiger partial charge in [0.2, 0.25) is 0 Å². The van der Waals surface area contributed by atoms with Crippen molar-refractivity contribution < 1.29 is 0 Å². The van der Waals surface area contributed by atoms with Gasteiger partial charge in [0.15, 0.2) is 0 Å². The Labute approximate surface area is 56.4 Å². The molecule has 1 aliphatic heterocycles. The van der Waals surface area contributed by atoms with Crippen LogP contribution >= 0.6 is 0 Å². The zero-order valence-corrected chi connectivity index (χ0v) is 6.15. The second kappa shape index (κ2) is 2.85. The van der Waals surface area contributed by atoms with E-state index in [9.17, 15) is 0 Å². The van der Waals surface area contributed by atoms with Crippen LogP contribution < -0.4 is 5.32 Å². The third-order valence-electron chi connectivity index (χ3n) is 1.81. The molecule has 0 aromatic carbocycles. The molecule has 0 bridgehead atoms. The highest BCUT2D eigenvalue weighted by atomic mass is 15.0. The summed E-state index contributed by atoms with van der Waals surface area (Å²) >= 11 is 0. The summed E-state index contributed by atoms with van der Waals surface area (Å²) in [7, 11) is 0. The number of aliphatic imine (C=N–C) groups is 1. The van der Waals surface area contributed by atoms with Gasteiger partial charge in [0, 0.05) is 13.1 Å². The lowest BCUT2D eigenvalue weighted by molar-refractivity contribution is 0.491. The van der Waals surface area contributed by atoms with Gasteiger partial charge >= 0.3 is 0 Å². The van der Waals surface area contributed by atoms with Crippen molar-refractivity contribution in [3.05, 3.63) is 0 Å². The lowest BCUT2D eigenvalue weighted by Gasteiger charge is -2.19. The summed E-state index contributed by atoms with van der Waals surface area (Å²) in [6, 6.07) is 0. The molecule has 0 radical (unpaired) electrons. The van der Waals surface area contributed by atoms with Crippen LogP contribution in [0.5, 0.6) is 0 Å². The van der Waals surface area contributed by atoms with Gasteiger partial charge in [-0.15, -0.1) is 0 Å². The number of nitrogens with zero attached hydrogens (tertiary/aromatic N) is 1. The molecule has 2 heteroatoms. The van der Waals surface area contributed by atoms with Gasteiger partial charge in [-0.3, -0.25) is 4.99 Å². The molecular formula is C7H14N2. The van der Waals surface area contributed by atoms with Crippen molar-refractivity contribution >= 4 is 5.84 Å². The van der Waals surface area contributed by atoms with Crippen molar-refractivity contribution in [2.75, 3.05) is 13.1 Å². The SMILES string of the molecule is CCC1CN=C(C)NC1. The van der Waals surface area contributed by atoms with Crippen LogP contribution in [0.15, 0.2) is 4.99 Å². The molecule has 2 nitrogen and oxygen atoms in total. The van der Waals surface area contributed by atoms with E-state index < -0.39 is 0 Å². The van der Waals surface area contributed by atoms with Gasteiger partial charge < -0.3 is 5.32 Å². The van der Waals surface area contributed by atoms with Gasteiger partial charge in [-0.05, 0) is 19.3 Å². The van der Waals surface area contributed by atoms with Gasteiger partial charge in [-0.2, -0.15) is 0 Å². The Bertz CT molecular complexity index is 118. The quantitative estimate of drug-likeness (QED) is 0.557. The minimum atomic E-state index is 0.772. The summed E-state index contributed by atoms with van der Waals surface area (Å²) in [4.78, 5) is 4.29. The predicted molar refractivity (Wildman–Crippen MR) is 39.8 cm³/mol. The van der Waals surface area contributed by atoms with E-state index in [4.69, 9.17) is 0 Å². The fourth-order valence-corrected chi connectivity index (χ4v) is 0.952. The third-order valence-corrected chi connectivity index (χ3v) is 1.81. The number of rotatable bonds is 1. The van der Waals surface area contributed by atoms with E-state index in [-0.39, 0.29) is 0 Å². The average molecular weight is 126 g/mol. The Hall–Kier alpha value is -0.530. The number of hydrogen-bond acceptors (Lipinski definition) is 2. The topological polar surface area (TPSA) is 24.4 Å². The number of nitrogens with one attached hydrogen (secondary N) is 1. The average Bonchev–Trinajstić information content (AvgIpc) is 1.90. The molecule has 1 N–H and O–H groups in total. The molecule has 0 aliphatic carbocycles. The summed E-state index contributed by atoms with van der Waals surface area (Å²) in [5, 5.41) is 3.23. The molecule has 0 amide bonds. The molecule has 1 heterocycles. The van der Waals surface area contributed by atoms with Gasteiger partial charge in [0.05, 0.1) is 5.84 Å². The van der Waals surface area contributed by atoms with Crippen molar-refractivity contribution in [3.8, 4) is 0 Å². The molecule has 52 valence electrons. The van der Waals surface area contributed by atoms with Crippen LogP contribution in [0.3, 0.4) is 0 Å². The number of hydrogen-bond donors (Lipinski definition) is 1. The zero-order valence-electron chi connectivity index (χ0n) is 6.15. The van der Waals surface area contributed by atoms with E-state index >= 15 is 0 Å². The molecule has 0 aromatic heterocycles. The highest BCUT2D eigenvalue weighted by Crippen LogP contribution is 2.04. The third kappa shape index (κ3) is 1.70. The lowest BCUT2D eigenvalue weighted by Crippen LogP contribution is -2.33. The maximum Gasteiger partial charge on any atom is 0.0931 e. The smallest absolute Gasteiger partial charge is 0.0931 e. The first-order chi connectivity index (χ1) is 4.33. The maximum atomic E-state index is 4.29. The molecule has 0 saturated carbocycles. The summed E-state index contributed by atoms with van der Waals surface area (Å²) in [6.07, 6.45) is 1.24. The summed E-state index contributed by atoms with van der Waals surface area (Å²) in [6.45, 7) is 6.37. The molecule has 0 aromatic rings. The number of amidine groups is 1. The van der Waals surface area contributed by atoms with E-state index in [0.29, 0.717) is 0 Å². The highest BCUT2D eigenvalue weighted by molar-refractivity contribution is 5.79. The minimum Gasteiger partial charge on any atom is -0.374 e. The van der Waals surface area contributed by atoms with Crippen LogP contribution in [0.4, 0.5) is 0 Å². The second-order valence-electron chi connectivity index (χ2n) is 2.58. The van der Waals surface area contributed by atoms with Crippen LogP contribution in [0, 0.1) is 5.92 Å². The first-order valence-electron chi connectivity index (χ1n) is 3.58. The summed E-state index contributed by atoms with van der Waals surface area (Å²) in [5.41, 5.74) is 0. The van der Waals surface area contributed by atoms with Gasteiger partial charge in [0.1, 0.15) is 0 Å². The van der Waals surface area contributed by atoms with Gasteiger partial charge in [-0.1, -0.05) is 6.92 Å². The molecule has 0 fully saturated rings. The predicted octanol–water partition coefficient (Wildman–Crippen LogP) is 1.03. The van der Waals surface area contributed by atoms with Gasteiger partial charge in [0.25, 0.3) is 0 Å². The highest BCUT2D eigenvalue weighted by Gasteiger charge is 2.08.